The monoisotopic (exact) mass is 250 g/mol. The molecule has 98 valence electrons. The molecule has 1 aromatic carbocycles. The van der Waals surface area contributed by atoms with Crippen molar-refractivity contribution in [3.63, 3.8) is 0 Å². The second kappa shape index (κ2) is 4.86. The highest BCUT2D eigenvalue weighted by Gasteiger charge is 2.33. The fourth-order valence-electron chi connectivity index (χ4n) is 3.02. The molecule has 0 saturated carbocycles. The van der Waals surface area contributed by atoms with Crippen LogP contribution in [0, 0.1) is 11.7 Å². The summed E-state index contributed by atoms with van der Waals surface area (Å²) >= 11 is 0. The zero-order valence-electron chi connectivity index (χ0n) is 10.7. The van der Waals surface area contributed by atoms with Crippen molar-refractivity contribution < 1.29 is 9.13 Å². The van der Waals surface area contributed by atoms with Gasteiger partial charge in [-0.2, -0.15) is 0 Å². The number of benzene rings is 1. The SMILES string of the molecule is CC1COc2ccc(F)cc2C1N1CCNCC1. The molecular weight excluding hydrogens is 231 g/mol. The topological polar surface area (TPSA) is 24.5 Å². The zero-order chi connectivity index (χ0) is 12.5. The van der Waals surface area contributed by atoms with E-state index in [4.69, 9.17) is 4.74 Å². The quantitative estimate of drug-likeness (QED) is 0.822. The first kappa shape index (κ1) is 11.9. The van der Waals surface area contributed by atoms with Crippen LogP contribution in [0.3, 0.4) is 0 Å². The number of nitrogens with one attached hydrogen (secondary N) is 1. The number of rotatable bonds is 1. The zero-order valence-corrected chi connectivity index (χ0v) is 10.7. The molecule has 3 nitrogen and oxygen atoms in total. The molecule has 2 heterocycles. The van der Waals surface area contributed by atoms with Crippen molar-refractivity contribution in [1.82, 2.24) is 10.2 Å². The largest absolute Gasteiger partial charge is 0.493 e. The lowest BCUT2D eigenvalue weighted by molar-refractivity contribution is 0.0798. The Labute approximate surface area is 107 Å². The highest BCUT2D eigenvalue weighted by Crippen LogP contribution is 2.39. The predicted molar refractivity (Wildman–Crippen MR) is 68.2 cm³/mol. The standard InChI is InChI=1S/C14H19FN2O/c1-10-9-18-13-3-2-11(15)8-12(13)14(10)17-6-4-16-5-7-17/h2-3,8,10,14,16H,4-7,9H2,1H3. The average molecular weight is 250 g/mol. The van der Waals surface area contributed by atoms with E-state index in [9.17, 15) is 4.39 Å². The molecule has 2 unspecified atom stereocenters. The maximum Gasteiger partial charge on any atom is 0.124 e. The third-order valence-electron chi connectivity index (χ3n) is 3.88. The fraction of sp³-hybridized carbons (Fsp3) is 0.571. The number of ether oxygens (including phenoxy) is 1. The van der Waals surface area contributed by atoms with Crippen LogP contribution in [0.25, 0.3) is 0 Å². The van der Waals surface area contributed by atoms with Gasteiger partial charge in [-0.05, 0) is 18.2 Å². The summed E-state index contributed by atoms with van der Waals surface area (Å²) in [5.74, 6) is 1.07. The molecule has 2 aliphatic rings. The van der Waals surface area contributed by atoms with Crippen molar-refractivity contribution in [2.75, 3.05) is 32.8 Å². The van der Waals surface area contributed by atoms with Crippen LogP contribution >= 0.6 is 0 Å². The Bertz CT molecular complexity index is 432. The van der Waals surface area contributed by atoms with Gasteiger partial charge in [-0.1, -0.05) is 6.92 Å². The van der Waals surface area contributed by atoms with E-state index in [0.717, 1.165) is 37.5 Å². The van der Waals surface area contributed by atoms with E-state index in [-0.39, 0.29) is 11.9 Å². The van der Waals surface area contributed by atoms with Crippen LogP contribution in [-0.4, -0.2) is 37.7 Å². The van der Waals surface area contributed by atoms with E-state index in [1.54, 1.807) is 12.1 Å². The van der Waals surface area contributed by atoms with Gasteiger partial charge in [0.05, 0.1) is 6.61 Å². The minimum Gasteiger partial charge on any atom is -0.493 e. The smallest absolute Gasteiger partial charge is 0.124 e. The lowest BCUT2D eigenvalue weighted by Crippen LogP contribution is -2.48. The van der Waals surface area contributed by atoms with Gasteiger partial charge in [-0.25, -0.2) is 4.39 Å². The summed E-state index contributed by atoms with van der Waals surface area (Å²) < 4.78 is 19.2. The van der Waals surface area contributed by atoms with Gasteiger partial charge in [0, 0.05) is 43.7 Å². The van der Waals surface area contributed by atoms with Crippen LogP contribution in [0.4, 0.5) is 4.39 Å². The fourth-order valence-corrected chi connectivity index (χ4v) is 3.02. The van der Waals surface area contributed by atoms with Gasteiger partial charge >= 0.3 is 0 Å². The molecule has 2 aliphatic heterocycles. The normalized spacial score (nSPS) is 28.6. The molecule has 0 spiro atoms. The number of nitrogens with zero attached hydrogens (tertiary/aromatic N) is 1. The Balaban J connectivity index is 1.95. The first-order valence-corrected chi connectivity index (χ1v) is 6.63. The summed E-state index contributed by atoms with van der Waals surface area (Å²) in [5, 5.41) is 3.36. The van der Waals surface area contributed by atoms with Crippen molar-refractivity contribution in [3.05, 3.63) is 29.6 Å². The minimum absolute atomic E-state index is 0.174. The summed E-state index contributed by atoms with van der Waals surface area (Å²) in [6, 6.07) is 5.15. The van der Waals surface area contributed by atoms with E-state index in [2.05, 4.69) is 17.1 Å². The second-order valence-corrected chi connectivity index (χ2v) is 5.20. The Morgan fingerprint density at radius 1 is 1.33 bits per heavy atom. The average Bonchev–Trinajstić information content (AvgIpc) is 2.39. The molecule has 1 saturated heterocycles. The lowest BCUT2D eigenvalue weighted by Gasteiger charge is -2.41. The highest BCUT2D eigenvalue weighted by molar-refractivity contribution is 5.38. The van der Waals surface area contributed by atoms with Gasteiger partial charge in [-0.15, -0.1) is 0 Å². The third-order valence-corrected chi connectivity index (χ3v) is 3.88. The number of hydrogen-bond donors (Lipinski definition) is 1. The molecule has 4 heteroatoms. The van der Waals surface area contributed by atoms with Gasteiger partial charge in [-0.3, -0.25) is 4.90 Å². The molecular formula is C14H19FN2O. The van der Waals surface area contributed by atoms with E-state index in [1.807, 2.05) is 0 Å². The second-order valence-electron chi connectivity index (χ2n) is 5.20. The van der Waals surface area contributed by atoms with E-state index < -0.39 is 0 Å². The Morgan fingerprint density at radius 2 is 2.11 bits per heavy atom. The van der Waals surface area contributed by atoms with Crippen molar-refractivity contribution in [1.29, 1.82) is 0 Å². The van der Waals surface area contributed by atoms with Crippen LogP contribution in [0.15, 0.2) is 18.2 Å². The highest BCUT2D eigenvalue weighted by atomic mass is 19.1. The molecule has 3 rings (SSSR count). The maximum atomic E-state index is 13.5. The molecule has 1 fully saturated rings. The molecule has 1 N–H and O–H groups in total. The molecule has 0 aromatic heterocycles. The minimum atomic E-state index is -0.174. The Morgan fingerprint density at radius 3 is 2.89 bits per heavy atom. The Kier molecular flexibility index (Phi) is 3.22. The van der Waals surface area contributed by atoms with Crippen LogP contribution in [0.5, 0.6) is 5.75 Å². The summed E-state index contributed by atoms with van der Waals surface area (Å²) in [7, 11) is 0. The summed E-state index contributed by atoms with van der Waals surface area (Å²) in [6.45, 7) is 6.95. The van der Waals surface area contributed by atoms with E-state index >= 15 is 0 Å². The Hall–Kier alpha value is -1.13. The number of hydrogen-bond acceptors (Lipinski definition) is 3. The van der Waals surface area contributed by atoms with Gasteiger partial charge in [0.1, 0.15) is 11.6 Å². The molecule has 2 atom stereocenters. The first-order chi connectivity index (χ1) is 8.75. The first-order valence-electron chi connectivity index (χ1n) is 6.63. The van der Waals surface area contributed by atoms with Crippen molar-refractivity contribution >= 4 is 0 Å². The van der Waals surface area contributed by atoms with Crippen LogP contribution in [-0.2, 0) is 0 Å². The van der Waals surface area contributed by atoms with E-state index in [1.165, 1.54) is 6.07 Å². The summed E-state index contributed by atoms with van der Waals surface area (Å²) in [5.41, 5.74) is 1.01. The van der Waals surface area contributed by atoms with E-state index in [0.29, 0.717) is 12.5 Å². The van der Waals surface area contributed by atoms with Gasteiger partial charge < -0.3 is 10.1 Å². The molecule has 0 radical (unpaired) electrons. The maximum absolute atomic E-state index is 13.5. The molecule has 0 aliphatic carbocycles. The van der Waals surface area contributed by atoms with Crippen molar-refractivity contribution in [3.8, 4) is 5.75 Å². The number of halogens is 1. The van der Waals surface area contributed by atoms with Crippen LogP contribution in [0.2, 0.25) is 0 Å². The van der Waals surface area contributed by atoms with Gasteiger partial charge in [0.15, 0.2) is 0 Å². The number of piperazine rings is 1. The predicted octanol–water partition coefficient (Wildman–Crippen LogP) is 1.80. The third kappa shape index (κ3) is 2.10. The lowest BCUT2D eigenvalue weighted by atomic mass is 9.90. The van der Waals surface area contributed by atoms with Gasteiger partial charge in [0.25, 0.3) is 0 Å². The molecule has 0 amide bonds. The van der Waals surface area contributed by atoms with Crippen LogP contribution < -0.4 is 10.1 Å². The van der Waals surface area contributed by atoms with Crippen molar-refractivity contribution in [2.24, 2.45) is 5.92 Å². The molecule has 18 heavy (non-hydrogen) atoms. The van der Waals surface area contributed by atoms with Crippen LogP contribution in [0.1, 0.15) is 18.5 Å². The van der Waals surface area contributed by atoms with Crippen molar-refractivity contribution in [2.45, 2.75) is 13.0 Å². The van der Waals surface area contributed by atoms with Gasteiger partial charge in [0.2, 0.25) is 0 Å². The summed E-state index contributed by atoms with van der Waals surface area (Å²) in [6.07, 6.45) is 0. The molecule has 0 bridgehead atoms. The molecule has 1 aromatic rings. The number of fused-ring (bicyclic) bond motifs is 1. The summed E-state index contributed by atoms with van der Waals surface area (Å²) in [4.78, 5) is 2.45.